The lowest BCUT2D eigenvalue weighted by Crippen LogP contribution is -2.31. The number of fused-ring (bicyclic) bond motifs is 1. The first-order valence-electron chi connectivity index (χ1n) is 5.98. The number of carbonyl (C=O) groups excluding carboxylic acids is 1. The number of rotatable bonds is 2. The molecule has 0 atom stereocenters. The summed E-state index contributed by atoms with van der Waals surface area (Å²) in [6.07, 6.45) is -0.383. The number of ether oxygens (including phenoxy) is 1. The molecule has 1 N–H and O–H groups in total. The Labute approximate surface area is 125 Å². The van der Waals surface area contributed by atoms with Gasteiger partial charge in [-0.15, -0.1) is 11.3 Å². The fourth-order valence-electron chi connectivity index (χ4n) is 1.62. The van der Waals surface area contributed by atoms with Crippen LogP contribution in [0, 0.1) is 0 Å². The standard InChI is InChI=1S/C14H16BrNO2S/c1-14(2,3)18-13(17)16-8-11-6-9-4-5-10(15)7-12(9)19-11/h4-7H,8H2,1-3H3,(H,16,17). The van der Waals surface area contributed by atoms with E-state index in [1.807, 2.05) is 26.8 Å². The van der Waals surface area contributed by atoms with Crippen LogP contribution in [0.15, 0.2) is 28.7 Å². The van der Waals surface area contributed by atoms with Crippen LogP contribution in [-0.4, -0.2) is 11.7 Å². The maximum Gasteiger partial charge on any atom is 0.407 e. The summed E-state index contributed by atoms with van der Waals surface area (Å²) in [5.74, 6) is 0. The molecule has 3 nitrogen and oxygen atoms in total. The average Bonchev–Trinajstić information content (AvgIpc) is 2.66. The molecule has 0 saturated carbocycles. The molecule has 5 heteroatoms. The van der Waals surface area contributed by atoms with Crippen LogP contribution in [0.4, 0.5) is 4.79 Å². The SMILES string of the molecule is CC(C)(C)OC(=O)NCc1cc2ccc(Br)cc2s1. The zero-order chi connectivity index (χ0) is 14.0. The Morgan fingerprint density at radius 1 is 1.37 bits per heavy atom. The molecule has 0 bridgehead atoms. The smallest absolute Gasteiger partial charge is 0.407 e. The van der Waals surface area contributed by atoms with Gasteiger partial charge in [0.1, 0.15) is 5.60 Å². The Balaban J connectivity index is 2.00. The maximum atomic E-state index is 11.6. The number of thiophene rings is 1. The molecule has 1 amide bonds. The highest BCUT2D eigenvalue weighted by Crippen LogP contribution is 2.28. The van der Waals surface area contributed by atoms with Crippen molar-refractivity contribution in [1.82, 2.24) is 5.32 Å². The van der Waals surface area contributed by atoms with E-state index in [4.69, 9.17) is 4.74 Å². The number of hydrogen-bond donors (Lipinski definition) is 1. The average molecular weight is 342 g/mol. The van der Waals surface area contributed by atoms with Crippen LogP contribution in [0.2, 0.25) is 0 Å². The molecule has 1 aromatic carbocycles. The van der Waals surface area contributed by atoms with Gasteiger partial charge in [-0.25, -0.2) is 4.79 Å². The normalized spacial score (nSPS) is 11.6. The number of benzene rings is 1. The van der Waals surface area contributed by atoms with Gasteiger partial charge in [0.2, 0.25) is 0 Å². The van der Waals surface area contributed by atoms with Crippen molar-refractivity contribution in [2.24, 2.45) is 0 Å². The van der Waals surface area contributed by atoms with E-state index in [2.05, 4.69) is 39.4 Å². The van der Waals surface area contributed by atoms with Gasteiger partial charge >= 0.3 is 6.09 Å². The lowest BCUT2D eigenvalue weighted by molar-refractivity contribution is 0.0524. The fraction of sp³-hybridized carbons (Fsp3) is 0.357. The van der Waals surface area contributed by atoms with Gasteiger partial charge in [0.15, 0.2) is 0 Å². The number of amides is 1. The zero-order valence-electron chi connectivity index (χ0n) is 11.1. The van der Waals surface area contributed by atoms with E-state index in [0.717, 1.165) is 9.35 Å². The maximum absolute atomic E-state index is 11.6. The minimum atomic E-state index is -0.463. The Kier molecular flexibility index (Phi) is 4.16. The van der Waals surface area contributed by atoms with Crippen molar-refractivity contribution in [3.8, 4) is 0 Å². The van der Waals surface area contributed by atoms with Gasteiger partial charge in [0.05, 0.1) is 6.54 Å². The Hall–Kier alpha value is -1.07. The van der Waals surface area contributed by atoms with E-state index in [1.165, 1.54) is 10.1 Å². The van der Waals surface area contributed by atoms with Crippen LogP contribution >= 0.6 is 27.3 Å². The molecular weight excluding hydrogens is 326 g/mol. The van der Waals surface area contributed by atoms with E-state index in [1.54, 1.807) is 11.3 Å². The molecular formula is C14H16BrNO2S. The van der Waals surface area contributed by atoms with E-state index < -0.39 is 5.60 Å². The molecule has 2 aromatic rings. The van der Waals surface area contributed by atoms with Crippen molar-refractivity contribution in [2.45, 2.75) is 32.9 Å². The first-order valence-corrected chi connectivity index (χ1v) is 7.59. The van der Waals surface area contributed by atoms with Crippen LogP contribution in [0.1, 0.15) is 25.6 Å². The molecule has 2 rings (SSSR count). The molecule has 0 saturated heterocycles. The van der Waals surface area contributed by atoms with Crippen LogP contribution in [0.3, 0.4) is 0 Å². The third-order valence-corrected chi connectivity index (χ3v) is 3.93. The second kappa shape index (κ2) is 5.51. The van der Waals surface area contributed by atoms with Crippen molar-refractivity contribution in [2.75, 3.05) is 0 Å². The summed E-state index contributed by atoms with van der Waals surface area (Å²) >= 11 is 5.12. The summed E-state index contributed by atoms with van der Waals surface area (Å²) in [5, 5.41) is 3.96. The fourth-order valence-corrected chi connectivity index (χ4v) is 3.18. The van der Waals surface area contributed by atoms with Crippen LogP contribution in [0.5, 0.6) is 0 Å². The van der Waals surface area contributed by atoms with E-state index >= 15 is 0 Å². The van der Waals surface area contributed by atoms with E-state index in [9.17, 15) is 4.79 Å². The van der Waals surface area contributed by atoms with Gasteiger partial charge in [-0.05, 0) is 44.4 Å². The Bertz CT molecular complexity index is 601. The quantitative estimate of drug-likeness (QED) is 0.860. The summed E-state index contributed by atoms with van der Waals surface area (Å²) in [7, 11) is 0. The molecule has 19 heavy (non-hydrogen) atoms. The van der Waals surface area contributed by atoms with Gasteiger partial charge in [0.25, 0.3) is 0 Å². The van der Waals surface area contributed by atoms with Crippen molar-refractivity contribution in [1.29, 1.82) is 0 Å². The number of halogens is 1. The van der Waals surface area contributed by atoms with Crippen molar-refractivity contribution in [3.05, 3.63) is 33.6 Å². The predicted molar refractivity (Wildman–Crippen MR) is 82.6 cm³/mol. The van der Waals surface area contributed by atoms with Crippen molar-refractivity contribution < 1.29 is 9.53 Å². The molecule has 0 spiro atoms. The minimum absolute atomic E-state index is 0.383. The number of nitrogens with one attached hydrogen (secondary N) is 1. The molecule has 0 aliphatic heterocycles. The van der Waals surface area contributed by atoms with Crippen LogP contribution < -0.4 is 5.32 Å². The molecule has 1 aromatic heterocycles. The van der Waals surface area contributed by atoms with Crippen molar-refractivity contribution in [3.63, 3.8) is 0 Å². The van der Waals surface area contributed by atoms with E-state index in [-0.39, 0.29) is 6.09 Å². The monoisotopic (exact) mass is 341 g/mol. The molecule has 1 heterocycles. The molecule has 0 aliphatic rings. The number of hydrogen-bond acceptors (Lipinski definition) is 3. The Morgan fingerprint density at radius 2 is 2.11 bits per heavy atom. The van der Waals surface area contributed by atoms with Gasteiger partial charge in [-0.3, -0.25) is 0 Å². The summed E-state index contributed by atoms with van der Waals surface area (Å²) in [6, 6.07) is 8.24. The summed E-state index contributed by atoms with van der Waals surface area (Å²) in [5.41, 5.74) is -0.463. The number of alkyl carbamates (subject to hydrolysis) is 1. The van der Waals surface area contributed by atoms with Crippen LogP contribution in [-0.2, 0) is 11.3 Å². The number of carbonyl (C=O) groups is 1. The summed E-state index contributed by atoms with van der Waals surface area (Å²) < 4.78 is 7.47. The lowest BCUT2D eigenvalue weighted by atomic mass is 10.2. The van der Waals surface area contributed by atoms with Crippen LogP contribution in [0.25, 0.3) is 10.1 Å². The molecule has 0 unspecified atom stereocenters. The second-order valence-electron chi connectivity index (χ2n) is 5.25. The van der Waals surface area contributed by atoms with E-state index in [0.29, 0.717) is 6.54 Å². The molecule has 0 aliphatic carbocycles. The summed E-state index contributed by atoms with van der Waals surface area (Å²) in [6.45, 7) is 6.04. The predicted octanol–water partition coefficient (Wildman–Crippen LogP) is 4.69. The lowest BCUT2D eigenvalue weighted by Gasteiger charge is -2.19. The highest BCUT2D eigenvalue weighted by atomic mass is 79.9. The second-order valence-corrected chi connectivity index (χ2v) is 7.33. The third kappa shape index (κ3) is 4.21. The highest BCUT2D eigenvalue weighted by molar-refractivity contribution is 9.10. The third-order valence-electron chi connectivity index (χ3n) is 2.34. The summed E-state index contributed by atoms with van der Waals surface area (Å²) in [4.78, 5) is 12.7. The van der Waals surface area contributed by atoms with Gasteiger partial charge in [0, 0.05) is 14.0 Å². The topological polar surface area (TPSA) is 38.3 Å². The first-order chi connectivity index (χ1) is 8.83. The van der Waals surface area contributed by atoms with Crippen molar-refractivity contribution >= 4 is 43.4 Å². The molecule has 102 valence electrons. The van der Waals surface area contributed by atoms with Gasteiger partial charge in [-0.1, -0.05) is 22.0 Å². The Morgan fingerprint density at radius 3 is 2.79 bits per heavy atom. The first kappa shape index (κ1) is 14.3. The molecule has 0 fully saturated rings. The zero-order valence-corrected chi connectivity index (χ0v) is 13.5. The molecule has 0 radical (unpaired) electrons. The van der Waals surface area contributed by atoms with Gasteiger partial charge in [-0.2, -0.15) is 0 Å². The minimum Gasteiger partial charge on any atom is -0.444 e. The largest absolute Gasteiger partial charge is 0.444 e. The van der Waals surface area contributed by atoms with Gasteiger partial charge < -0.3 is 10.1 Å². The highest BCUT2D eigenvalue weighted by Gasteiger charge is 2.15.